The molecule has 1 aliphatic heterocycles. The molecule has 176 valence electrons. The molecule has 3 aromatic rings. The van der Waals surface area contributed by atoms with Crippen molar-refractivity contribution in [1.82, 2.24) is 15.1 Å². The molecular weight excluding hydrogens is 452 g/mol. The van der Waals surface area contributed by atoms with Crippen LogP contribution in [0.3, 0.4) is 0 Å². The van der Waals surface area contributed by atoms with Gasteiger partial charge in [0.25, 0.3) is 0 Å². The van der Waals surface area contributed by atoms with Crippen molar-refractivity contribution in [2.24, 2.45) is 10.9 Å². The van der Waals surface area contributed by atoms with Crippen LogP contribution >= 0.6 is 11.6 Å². The maximum Gasteiger partial charge on any atom is 0.344 e. The predicted molar refractivity (Wildman–Crippen MR) is 132 cm³/mol. The summed E-state index contributed by atoms with van der Waals surface area (Å²) >= 11 is 6.58. The van der Waals surface area contributed by atoms with Crippen molar-refractivity contribution in [1.29, 1.82) is 0 Å². The zero-order valence-corrected chi connectivity index (χ0v) is 20.0. The van der Waals surface area contributed by atoms with Crippen LogP contribution in [0.5, 0.6) is 0 Å². The second kappa shape index (κ2) is 10.7. The normalized spacial score (nSPS) is 17.0. The Kier molecular flexibility index (Phi) is 7.43. The highest BCUT2D eigenvalue weighted by Gasteiger charge is 2.42. The molecule has 1 aromatic heterocycles. The van der Waals surface area contributed by atoms with Crippen LogP contribution in [0, 0.1) is 5.92 Å². The molecule has 7 nitrogen and oxygen atoms in total. The average Bonchev–Trinajstić information content (AvgIpc) is 3.27. The van der Waals surface area contributed by atoms with Crippen LogP contribution in [-0.2, 0) is 16.1 Å². The third kappa shape index (κ3) is 4.75. The van der Waals surface area contributed by atoms with E-state index in [1.165, 1.54) is 4.68 Å². The smallest absolute Gasteiger partial charge is 0.344 e. The van der Waals surface area contributed by atoms with E-state index in [0.29, 0.717) is 35.1 Å². The highest BCUT2D eigenvalue weighted by atomic mass is 35.5. The molecule has 0 aliphatic carbocycles. The van der Waals surface area contributed by atoms with Crippen molar-refractivity contribution >= 4 is 35.1 Å². The number of carbonyl (C=O) groups excluding carboxylic acids is 2. The SMILES string of the molecule is CCCC1=Nc2c(cnn2C(=O)NCc2ccccc2)C(c2ccccc2Cl)C1C(=O)OCC. The lowest BCUT2D eigenvalue weighted by atomic mass is 9.76. The van der Waals surface area contributed by atoms with Crippen LogP contribution in [-0.4, -0.2) is 34.1 Å². The van der Waals surface area contributed by atoms with Crippen molar-refractivity contribution in [3.8, 4) is 0 Å². The zero-order chi connectivity index (χ0) is 24.1. The summed E-state index contributed by atoms with van der Waals surface area (Å²) in [5.41, 5.74) is 3.08. The van der Waals surface area contributed by atoms with Crippen LogP contribution in [0.25, 0.3) is 0 Å². The molecule has 0 saturated carbocycles. The number of aliphatic imine (C=N–C) groups is 1. The number of ether oxygens (including phenoxy) is 1. The standard InChI is InChI=1S/C26H27ClN4O3/c1-3-10-21-23(25(32)34-4-2)22(18-13-8-9-14-20(18)27)19-16-29-31(24(19)30-21)26(33)28-15-17-11-6-5-7-12-17/h5-9,11-14,16,22-23H,3-4,10,15H2,1-2H3,(H,28,33). The summed E-state index contributed by atoms with van der Waals surface area (Å²) in [5, 5.41) is 7.78. The zero-order valence-electron chi connectivity index (χ0n) is 19.2. The van der Waals surface area contributed by atoms with Gasteiger partial charge in [-0.2, -0.15) is 9.78 Å². The lowest BCUT2D eigenvalue weighted by molar-refractivity contribution is -0.146. The molecule has 0 spiro atoms. The van der Waals surface area contributed by atoms with Gasteiger partial charge in [0, 0.05) is 28.8 Å². The molecule has 2 atom stereocenters. The van der Waals surface area contributed by atoms with Gasteiger partial charge in [0.05, 0.1) is 12.8 Å². The monoisotopic (exact) mass is 478 g/mol. The lowest BCUT2D eigenvalue weighted by Gasteiger charge is -2.31. The molecule has 1 N–H and O–H groups in total. The second-order valence-corrected chi connectivity index (χ2v) is 8.47. The van der Waals surface area contributed by atoms with Crippen molar-refractivity contribution in [3.05, 3.63) is 82.5 Å². The van der Waals surface area contributed by atoms with Gasteiger partial charge >= 0.3 is 12.0 Å². The number of aromatic nitrogens is 2. The van der Waals surface area contributed by atoms with E-state index in [1.807, 2.05) is 55.5 Å². The molecule has 0 fully saturated rings. The summed E-state index contributed by atoms with van der Waals surface area (Å²) < 4.78 is 6.70. The number of amides is 1. The van der Waals surface area contributed by atoms with E-state index in [2.05, 4.69) is 10.4 Å². The summed E-state index contributed by atoms with van der Waals surface area (Å²) in [6.07, 6.45) is 2.97. The minimum atomic E-state index is -0.641. The van der Waals surface area contributed by atoms with Gasteiger partial charge in [-0.05, 0) is 30.5 Å². The van der Waals surface area contributed by atoms with E-state index in [9.17, 15) is 9.59 Å². The maximum atomic E-state index is 13.1. The fourth-order valence-corrected chi connectivity index (χ4v) is 4.56. The van der Waals surface area contributed by atoms with Gasteiger partial charge in [-0.1, -0.05) is 73.5 Å². The molecule has 34 heavy (non-hydrogen) atoms. The number of esters is 1. The lowest BCUT2D eigenvalue weighted by Crippen LogP contribution is -2.35. The fourth-order valence-electron chi connectivity index (χ4n) is 4.31. The Morgan fingerprint density at radius 3 is 2.50 bits per heavy atom. The molecule has 2 heterocycles. The number of hydrogen-bond donors (Lipinski definition) is 1. The van der Waals surface area contributed by atoms with Crippen molar-refractivity contribution < 1.29 is 14.3 Å². The average molecular weight is 479 g/mol. The van der Waals surface area contributed by atoms with Gasteiger partial charge in [0.15, 0.2) is 5.82 Å². The first-order chi connectivity index (χ1) is 16.5. The van der Waals surface area contributed by atoms with E-state index in [4.69, 9.17) is 21.3 Å². The number of hydrogen-bond acceptors (Lipinski definition) is 5. The predicted octanol–water partition coefficient (Wildman–Crippen LogP) is 5.49. The number of halogens is 1. The van der Waals surface area contributed by atoms with Crippen molar-refractivity contribution in [2.45, 2.75) is 39.2 Å². The van der Waals surface area contributed by atoms with Gasteiger partial charge < -0.3 is 10.1 Å². The van der Waals surface area contributed by atoms with Crippen LogP contribution in [0.2, 0.25) is 5.02 Å². The minimum absolute atomic E-state index is 0.262. The largest absolute Gasteiger partial charge is 0.465 e. The van der Waals surface area contributed by atoms with Gasteiger partial charge in [-0.15, -0.1) is 0 Å². The second-order valence-electron chi connectivity index (χ2n) is 8.06. The molecule has 0 saturated heterocycles. The highest BCUT2D eigenvalue weighted by Crippen LogP contribution is 2.45. The molecule has 2 unspecified atom stereocenters. The van der Waals surface area contributed by atoms with E-state index in [1.54, 1.807) is 19.2 Å². The first-order valence-corrected chi connectivity index (χ1v) is 11.8. The Morgan fingerprint density at radius 1 is 1.06 bits per heavy atom. The molecule has 2 aromatic carbocycles. The number of carbonyl (C=O) groups is 2. The first-order valence-electron chi connectivity index (χ1n) is 11.4. The van der Waals surface area contributed by atoms with Gasteiger partial charge in [-0.25, -0.2) is 9.79 Å². The van der Waals surface area contributed by atoms with Gasteiger partial charge in [-0.3, -0.25) is 4.79 Å². The number of nitrogens with zero attached hydrogens (tertiary/aromatic N) is 3. The van der Waals surface area contributed by atoms with E-state index < -0.39 is 17.9 Å². The number of fused-ring (bicyclic) bond motifs is 1. The van der Waals surface area contributed by atoms with Crippen LogP contribution in [0.15, 0.2) is 65.8 Å². The molecular formula is C26H27ClN4O3. The molecule has 0 radical (unpaired) electrons. The molecule has 1 amide bonds. The summed E-state index contributed by atoms with van der Waals surface area (Å²) in [7, 11) is 0. The topological polar surface area (TPSA) is 85.6 Å². The Labute approximate surface area is 203 Å². The number of benzene rings is 2. The third-order valence-corrected chi connectivity index (χ3v) is 6.16. The summed E-state index contributed by atoms with van der Waals surface area (Å²) in [5.74, 6) is -1.04. The summed E-state index contributed by atoms with van der Waals surface area (Å²) in [6.45, 7) is 4.42. The fraction of sp³-hybridized carbons (Fsp3) is 0.308. The maximum absolute atomic E-state index is 13.1. The molecule has 8 heteroatoms. The summed E-state index contributed by atoms with van der Waals surface area (Å²) in [4.78, 5) is 31.0. The number of rotatable bonds is 7. The van der Waals surface area contributed by atoms with Gasteiger partial charge in [0.2, 0.25) is 0 Å². The Balaban J connectivity index is 1.77. The minimum Gasteiger partial charge on any atom is -0.465 e. The molecule has 1 aliphatic rings. The van der Waals surface area contributed by atoms with Crippen LogP contribution in [0.4, 0.5) is 10.6 Å². The highest BCUT2D eigenvalue weighted by molar-refractivity contribution is 6.31. The molecule has 4 rings (SSSR count). The third-order valence-electron chi connectivity index (χ3n) is 5.81. The van der Waals surface area contributed by atoms with E-state index in [0.717, 1.165) is 17.5 Å². The van der Waals surface area contributed by atoms with Crippen molar-refractivity contribution in [3.63, 3.8) is 0 Å². The molecule has 0 bridgehead atoms. The van der Waals surface area contributed by atoms with Crippen LogP contribution < -0.4 is 5.32 Å². The Bertz CT molecular complexity index is 1210. The van der Waals surface area contributed by atoms with Crippen molar-refractivity contribution in [2.75, 3.05) is 6.61 Å². The van der Waals surface area contributed by atoms with E-state index >= 15 is 0 Å². The quantitative estimate of drug-likeness (QED) is 0.455. The van der Waals surface area contributed by atoms with Gasteiger partial charge in [0.1, 0.15) is 5.92 Å². The summed E-state index contributed by atoms with van der Waals surface area (Å²) in [6, 6.07) is 16.7. The first kappa shape index (κ1) is 23.7. The number of nitrogens with one attached hydrogen (secondary N) is 1. The Morgan fingerprint density at radius 2 is 1.79 bits per heavy atom. The van der Waals surface area contributed by atoms with E-state index in [-0.39, 0.29) is 12.6 Å². The Hall–Kier alpha value is -3.45. The van der Waals surface area contributed by atoms with Crippen LogP contribution in [0.1, 0.15) is 49.3 Å².